The first-order valence-corrected chi connectivity index (χ1v) is 16.6. The van der Waals surface area contributed by atoms with Crippen molar-refractivity contribution in [1.29, 1.82) is 0 Å². The molecule has 10 aromatic rings. The number of fused-ring (bicyclic) bond motifs is 7. The van der Waals surface area contributed by atoms with Crippen LogP contribution in [0.2, 0.25) is 0 Å². The Bertz CT molecular complexity index is 2870. The molecular formula is C46H28N2O. The Hall–Kier alpha value is -6.58. The molecule has 0 aliphatic rings. The van der Waals surface area contributed by atoms with Crippen LogP contribution in [-0.4, -0.2) is 9.97 Å². The normalized spacial score (nSPS) is 11.7. The van der Waals surface area contributed by atoms with Crippen LogP contribution in [0.5, 0.6) is 0 Å². The minimum atomic E-state index is 0.671. The van der Waals surface area contributed by atoms with Crippen molar-refractivity contribution in [2.24, 2.45) is 0 Å². The van der Waals surface area contributed by atoms with Gasteiger partial charge in [0.25, 0.3) is 0 Å². The molecule has 2 heterocycles. The summed E-state index contributed by atoms with van der Waals surface area (Å²) in [6, 6.07) is 59.7. The van der Waals surface area contributed by atoms with Crippen molar-refractivity contribution < 1.29 is 4.42 Å². The standard InChI is InChI=1S/C46H28N2O/c1-2-12-30(13-3-1)41-28-42(39-19-10-18-38-36-17-8-9-20-43(36)49-45(38)39)48-46(47-41)32-23-21-31(22-24-32)44-35-16-7-5-14-33(35)27-40-34-15-6-4-11-29(34)25-26-37(40)44/h1-28H. The van der Waals surface area contributed by atoms with Gasteiger partial charge in [0.05, 0.1) is 11.4 Å². The van der Waals surface area contributed by atoms with Crippen LogP contribution in [0.4, 0.5) is 0 Å². The maximum Gasteiger partial charge on any atom is 0.160 e. The minimum absolute atomic E-state index is 0.671. The molecule has 10 rings (SSSR count). The first kappa shape index (κ1) is 27.5. The summed E-state index contributed by atoms with van der Waals surface area (Å²) in [6.45, 7) is 0. The fourth-order valence-electron chi connectivity index (χ4n) is 7.34. The third kappa shape index (κ3) is 4.51. The van der Waals surface area contributed by atoms with E-state index in [9.17, 15) is 0 Å². The molecule has 8 aromatic carbocycles. The molecule has 0 N–H and O–H groups in total. The molecule has 0 spiro atoms. The second-order valence-corrected chi connectivity index (χ2v) is 12.5. The fourth-order valence-corrected chi connectivity index (χ4v) is 7.34. The van der Waals surface area contributed by atoms with Crippen LogP contribution < -0.4 is 0 Å². The van der Waals surface area contributed by atoms with Crippen molar-refractivity contribution in [3.05, 3.63) is 170 Å². The van der Waals surface area contributed by atoms with Gasteiger partial charge in [-0.25, -0.2) is 9.97 Å². The van der Waals surface area contributed by atoms with Gasteiger partial charge in [-0.3, -0.25) is 0 Å². The molecule has 2 aromatic heterocycles. The summed E-state index contributed by atoms with van der Waals surface area (Å²) in [5.41, 5.74) is 8.72. The van der Waals surface area contributed by atoms with E-state index >= 15 is 0 Å². The fraction of sp³-hybridized carbons (Fsp3) is 0. The first-order chi connectivity index (χ1) is 24.3. The summed E-state index contributed by atoms with van der Waals surface area (Å²) >= 11 is 0. The Balaban J connectivity index is 1.16. The number of hydrogen-bond acceptors (Lipinski definition) is 3. The van der Waals surface area contributed by atoms with Crippen molar-refractivity contribution in [3.63, 3.8) is 0 Å². The van der Waals surface area contributed by atoms with Crippen LogP contribution >= 0.6 is 0 Å². The van der Waals surface area contributed by atoms with Gasteiger partial charge >= 0.3 is 0 Å². The topological polar surface area (TPSA) is 38.9 Å². The molecular weight excluding hydrogens is 597 g/mol. The van der Waals surface area contributed by atoms with E-state index in [1.165, 1.54) is 37.9 Å². The number of benzene rings is 8. The summed E-state index contributed by atoms with van der Waals surface area (Å²) in [4.78, 5) is 10.3. The summed E-state index contributed by atoms with van der Waals surface area (Å²) < 4.78 is 6.43. The summed E-state index contributed by atoms with van der Waals surface area (Å²) in [5.74, 6) is 0.671. The number of aromatic nitrogens is 2. The highest BCUT2D eigenvalue weighted by atomic mass is 16.3. The average Bonchev–Trinajstić information content (AvgIpc) is 3.56. The van der Waals surface area contributed by atoms with Crippen LogP contribution in [0.25, 0.3) is 99.3 Å². The molecule has 3 heteroatoms. The molecule has 0 bridgehead atoms. The number of furan rings is 1. The van der Waals surface area contributed by atoms with E-state index in [0.29, 0.717) is 5.82 Å². The largest absolute Gasteiger partial charge is 0.455 e. The number of nitrogens with zero attached hydrogens (tertiary/aromatic N) is 2. The van der Waals surface area contributed by atoms with Crippen LogP contribution in [0, 0.1) is 0 Å². The maximum absolute atomic E-state index is 6.43. The molecule has 0 fully saturated rings. The molecule has 0 unspecified atom stereocenters. The third-order valence-electron chi connectivity index (χ3n) is 9.68. The molecule has 0 aliphatic carbocycles. The Kier molecular flexibility index (Phi) is 6.18. The predicted octanol–water partition coefficient (Wildman–Crippen LogP) is 12.5. The van der Waals surface area contributed by atoms with Gasteiger partial charge in [-0.05, 0) is 67.7 Å². The van der Waals surface area contributed by atoms with E-state index in [2.05, 4.69) is 133 Å². The summed E-state index contributed by atoms with van der Waals surface area (Å²) in [7, 11) is 0. The molecule has 0 radical (unpaired) electrons. The third-order valence-corrected chi connectivity index (χ3v) is 9.68. The maximum atomic E-state index is 6.43. The van der Waals surface area contributed by atoms with Crippen LogP contribution in [-0.2, 0) is 0 Å². The zero-order chi connectivity index (χ0) is 32.3. The smallest absolute Gasteiger partial charge is 0.160 e. The van der Waals surface area contributed by atoms with E-state index in [-0.39, 0.29) is 0 Å². The molecule has 0 amide bonds. The van der Waals surface area contributed by atoms with Gasteiger partial charge in [-0.1, -0.05) is 146 Å². The highest BCUT2D eigenvalue weighted by molar-refractivity contribution is 6.20. The van der Waals surface area contributed by atoms with Gasteiger partial charge < -0.3 is 4.42 Å². The van der Waals surface area contributed by atoms with Gasteiger partial charge in [0, 0.05) is 27.5 Å². The molecule has 3 nitrogen and oxygen atoms in total. The monoisotopic (exact) mass is 624 g/mol. The van der Waals surface area contributed by atoms with E-state index < -0.39 is 0 Å². The van der Waals surface area contributed by atoms with Crippen molar-refractivity contribution >= 4 is 54.3 Å². The van der Waals surface area contributed by atoms with E-state index in [1.807, 2.05) is 36.4 Å². The zero-order valence-corrected chi connectivity index (χ0v) is 26.5. The van der Waals surface area contributed by atoms with Crippen molar-refractivity contribution in [2.45, 2.75) is 0 Å². The highest BCUT2D eigenvalue weighted by Crippen LogP contribution is 2.41. The second kappa shape index (κ2) is 11.0. The number of rotatable bonds is 4. The molecule has 0 aliphatic heterocycles. The molecule has 228 valence electrons. The quantitative estimate of drug-likeness (QED) is 0.144. The van der Waals surface area contributed by atoms with Crippen molar-refractivity contribution in [2.75, 3.05) is 0 Å². The lowest BCUT2D eigenvalue weighted by Crippen LogP contribution is -1.96. The Morgan fingerprint density at radius 2 is 1.04 bits per heavy atom. The Labute approximate surface area is 282 Å². The lowest BCUT2D eigenvalue weighted by molar-refractivity contribution is 0.670. The van der Waals surface area contributed by atoms with Gasteiger partial charge in [0.2, 0.25) is 0 Å². The van der Waals surface area contributed by atoms with Gasteiger partial charge in [0.1, 0.15) is 11.2 Å². The first-order valence-electron chi connectivity index (χ1n) is 16.6. The zero-order valence-electron chi connectivity index (χ0n) is 26.5. The molecule has 0 saturated heterocycles. The van der Waals surface area contributed by atoms with Crippen molar-refractivity contribution in [1.82, 2.24) is 9.97 Å². The lowest BCUT2D eigenvalue weighted by Gasteiger charge is -2.15. The molecule has 49 heavy (non-hydrogen) atoms. The number of hydrogen-bond donors (Lipinski definition) is 0. The van der Waals surface area contributed by atoms with E-state index in [0.717, 1.165) is 55.6 Å². The van der Waals surface area contributed by atoms with Gasteiger partial charge in [0.15, 0.2) is 5.82 Å². The molecule has 0 saturated carbocycles. The van der Waals surface area contributed by atoms with Crippen molar-refractivity contribution in [3.8, 4) is 45.0 Å². The van der Waals surface area contributed by atoms with Crippen LogP contribution in [0.1, 0.15) is 0 Å². The predicted molar refractivity (Wildman–Crippen MR) is 204 cm³/mol. The summed E-state index contributed by atoms with van der Waals surface area (Å²) in [6.07, 6.45) is 0. The summed E-state index contributed by atoms with van der Waals surface area (Å²) in [5, 5.41) is 9.66. The second-order valence-electron chi connectivity index (χ2n) is 12.5. The highest BCUT2D eigenvalue weighted by Gasteiger charge is 2.17. The number of para-hydroxylation sites is 2. The Morgan fingerprint density at radius 3 is 1.90 bits per heavy atom. The van der Waals surface area contributed by atoms with Crippen LogP contribution in [0.15, 0.2) is 174 Å². The minimum Gasteiger partial charge on any atom is -0.455 e. The SMILES string of the molecule is c1ccc(-c2cc(-c3cccc4c3oc3ccccc34)nc(-c3ccc(-c4c5ccccc5cc5c4ccc4ccccc45)cc3)n2)cc1. The van der Waals surface area contributed by atoms with Gasteiger partial charge in [-0.15, -0.1) is 0 Å². The van der Waals surface area contributed by atoms with Gasteiger partial charge in [-0.2, -0.15) is 0 Å². The lowest BCUT2D eigenvalue weighted by atomic mass is 9.89. The average molecular weight is 625 g/mol. The van der Waals surface area contributed by atoms with Crippen LogP contribution in [0.3, 0.4) is 0 Å². The van der Waals surface area contributed by atoms with E-state index in [1.54, 1.807) is 0 Å². The molecule has 0 atom stereocenters. The Morgan fingerprint density at radius 1 is 0.367 bits per heavy atom. The van der Waals surface area contributed by atoms with E-state index in [4.69, 9.17) is 14.4 Å².